The first kappa shape index (κ1) is 10.1. The summed E-state index contributed by atoms with van der Waals surface area (Å²) in [6.07, 6.45) is 5.73. The van der Waals surface area contributed by atoms with E-state index in [4.69, 9.17) is 0 Å². The fraction of sp³-hybridized carbons (Fsp3) is 0.182. The van der Waals surface area contributed by atoms with Gasteiger partial charge in [0.2, 0.25) is 0 Å². The average molecular weight is 191 g/mol. The van der Waals surface area contributed by atoms with Gasteiger partial charge in [-0.05, 0) is 24.8 Å². The second-order valence-electron chi connectivity index (χ2n) is 2.70. The van der Waals surface area contributed by atoms with E-state index in [1.54, 1.807) is 18.0 Å². The number of hydrogen-bond donors (Lipinski definition) is 0. The molecular weight excluding hydrogens is 178 g/mol. The molecule has 0 saturated heterocycles. The van der Waals surface area contributed by atoms with E-state index in [1.165, 1.54) is 4.91 Å². The lowest BCUT2D eigenvalue weighted by atomic mass is 10.2. The third-order valence-electron chi connectivity index (χ3n) is 1.49. The number of aromatic nitrogens is 1. The summed E-state index contributed by atoms with van der Waals surface area (Å²) in [5, 5.41) is 0. The van der Waals surface area contributed by atoms with Gasteiger partial charge in [-0.2, -0.15) is 0 Å². The summed E-state index contributed by atoms with van der Waals surface area (Å²) in [7, 11) is 0. The first-order chi connectivity index (χ1) is 6.24. The lowest BCUT2D eigenvalue weighted by molar-refractivity contribution is 1.31. The van der Waals surface area contributed by atoms with Crippen LogP contribution < -0.4 is 0 Å². The van der Waals surface area contributed by atoms with E-state index in [1.807, 2.05) is 26.1 Å². The highest BCUT2D eigenvalue weighted by Gasteiger charge is 2.00. The summed E-state index contributed by atoms with van der Waals surface area (Å²) in [4.78, 5) is 6.38. The fourth-order valence-electron chi connectivity index (χ4n) is 0.981. The van der Waals surface area contributed by atoms with E-state index in [0.717, 1.165) is 10.5 Å². The number of nitrogens with zero attached hydrogens (tertiary/aromatic N) is 1. The van der Waals surface area contributed by atoms with Crippen molar-refractivity contribution in [3.05, 3.63) is 47.6 Å². The van der Waals surface area contributed by atoms with Gasteiger partial charge < -0.3 is 0 Å². The molecule has 2 heteroatoms. The zero-order valence-electron chi connectivity index (χ0n) is 7.95. The summed E-state index contributed by atoms with van der Waals surface area (Å²) >= 11 is 1.68. The molecule has 0 N–H and O–H groups in total. The van der Waals surface area contributed by atoms with E-state index in [9.17, 15) is 0 Å². The number of allylic oxidation sites excluding steroid dienone is 2. The molecule has 0 amide bonds. The molecule has 13 heavy (non-hydrogen) atoms. The maximum atomic E-state index is 4.08. The van der Waals surface area contributed by atoms with Crippen molar-refractivity contribution in [3.8, 4) is 0 Å². The third kappa shape index (κ3) is 3.07. The summed E-state index contributed by atoms with van der Waals surface area (Å²) < 4.78 is 0. The average Bonchev–Trinajstić information content (AvgIpc) is 2.15. The molecule has 1 aromatic rings. The molecule has 0 radical (unpaired) electrons. The molecule has 1 heterocycles. The molecule has 1 rings (SSSR count). The fourth-order valence-corrected chi connectivity index (χ4v) is 1.71. The minimum Gasteiger partial charge on any atom is -0.264 e. The van der Waals surface area contributed by atoms with Crippen LogP contribution in [0.5, 0.6) is 0 Å². The summed E-state index contributed by atoms with van der Waals surface area (Å²) in [6, 6.07) is 4.00. The zero-order chi connectivity index (χ0) is 9.68. The van der Waals surface area contributed by atoms with Gasteiger partial charge in [-0.25, -0.2) is 0 Å². The molecular formula is C11H13NS. The Bertz CT molecular complexity index is 314. The highest BCUT2D eigenvalue weighted by molar-refractivity contribution is 8.11. The molecule has 0 unspecified atom stereocenters. The van der Waals surface area contributed by atoms with Crippen molar-refractivity contribution < 1.29 is 0 Å². The van der Waals surface area contributed by atoms with E-state index in [2.05, 4.69) is 23.7 Å². The molecule has 0 saturated carbocycles. The molecule has 1 aromatic heterocycles. The predicted molar refractivity (Wildman–Crippen MR) is 60.3 cm³/mol. The van der Waals surface area contributed by atoms with Crippen molar-refractivity contribution in [1.29, 1.82) is 0 Å². The minimum absolute atomic E-state index is 1.09. The Kier molecular flexibility index (Phi) is 3.77. The van der Waals surface area contributed by atoms with Crippen molar-refractivity contribution >= 4 is 16.7 Å². The quantitative estimate of drug-likeness (QED) is 0.722. The van der Waals surface area contributed by atoms with Crippen LogP contribution in [-0.2, 0) is 0 Å². The predicted octanol–water partition coefficient (Wildman–Crippen LogP) is 3.71. The van der Waals surface area contributed by atoms with Gasteiger partial charge in [0.05, 0.1) is 0 Å². The molecule has 1 nitrogen and oxygen atoms in total. The van der Waals surface area contributed by atoms with Crippen LogP contribution >= 0.6 is 11.8 Å². The lowest BCUT2D eigenvalue weighted by Crippen LogP contribution is -1.80. The van der Waals surface area contributed by atoms with E-state index < -0.39 is 0 Å². The Morgan fingerprint density at radius 1 is 1.62 bits per heavy atom. The maximum Gasteiger partial charge on any atom is 0.0351 e. The molecule has 0 fully saturated rings. The van der Waals surface area contributed by atoms with Crippen LogP contribution in [0.4, 0.5) is 0 Å². The smallest absolute Gasteiger partial charge is 0.0351 e. The Morgan fingerprint density at radius 3 is 2.85 bits per heavy atom. The van der Waals surface area contributed by atoms with Gasteiger partial charge in [-0.1, -0.05) is 30.5 Å². The van der Waals surface area contributed by atoms with Crippen molar-refractivity contribution in [3.63, 3.8) is 0 Å². The Hall–Kier alpha value is -1.02. The molecule has 0 aliphatic carbocycles. The van der Waals surface area contributed by atoms with Crippen molar-refractivity contribution in [2.45, 2.75) is 13.8 Å². The monoisotopic (exact) mass is 191 g/mol. The number of pyridine rings is 1. The van der Waals surface area contributed by atoms with Gasteiger partial charge in [-0.3, -0.25) is 4.98 Å². The van der Waals surface area contributed by atoms with Crippen LogP contribution in [0.25, 0.3) is 4.91 Å². The van der Waals surface area contributed by atoms with Gasteiger partial charge in [0.1, 0.15) is 0 Å². The minimum atomic E-state index is 1.09. The third-order valence-corrected chi connectivity index (χ3v) is 2.53. The number of thioether (sulfide) groups is 1. The van der Waals surface area contributed by atoms with Crippen molar-refractivity contribution in [1.82, 2.24) is 4.98 Å². The maximum absolute atomic E-state index is 4.08. The first-order valence-corrected chi connectivity index (χ1v) is 4.95. The van der Waals surface area contributed by atoms with Gasteiger partial charge in [0.25, 0.3) is 0 Å². The summed E-state index contributed by atoms with van der Waals surface area (Å²) in [5.74, 6) is 0. The summed E-state index contributed by atoms with van der Waals surface area (Å²) in [5.41, 5.74) is 1.15. The van der Waals surface area contributed by atoms with Gasteiger partial charge in [0, 0.05) is 22.9 Å². The number of rotatable bonds is 3. The van der Waals surface area contributed by atoms with Gasteiger partial charge in [0.15, 0.2) is 0 Å². The molecule has 0 bridgehead atoms. The molecule has 0 aromatic carbocycles. The lowest BCUT2D eigenvalue weighted by Gasteiger charge is -2.04. The molecule has 0 atom stereocenters. The molecule has 0 spiro atoms. The van der Waals surface area contributed by atoms with Crippen LogP contribution in [0.1, 0.15) is 19.4 Å². The topological polar surface area (TPSA) is 12.9 Å². The molecule has 68 valence electrons. The van der Waals surface area contributed by atoms with Crippen molar-refractivity contribution in [2.75, 3.05) is 0 Å². The first-order valence-electron chi connectivity index (χ1n) is 4.14. The highest BCUT2D eigenvalue weighted by Crippen LogP contribution is 2.31. The second kappa shape index (κ2) is 4.87. The van der Waals surface area contributed by atoms with Crippen LogP contribution in [0.15, 0.2) is 42.1 Å². The zero-order valence-corrected chi connectivity index (χ0v) is 8.77. The highest BCUT2D eigenvalue weighted by atomic mass is 32.2. The Morgan fingerprint density at radius 2 is 2.38 bits per heavy atom. The number of hydrogen-bond acceptors (Lipinski definition) is 2. The standard InChI is InChI=1S/C11H13NS/c1-4-11(13-9(2)3)10-6-5-7-12-8-10/h4-8H,2H2,1,3H3/b11-4-. The Labute approximate surface area is 83.6 Å². The second-order valence-corrected chi connectivity index (χ2v) is 4.04. The van der Waals surface area contributed by atoms with Crippen LogP contribution in [-0.4, -0.2) is 4.98 Å². The van der Waals surface area contributed by atoms with Gasteiger partial charge >= 0.3 is 0 Å². The van der Waals surface area contributed by atoms with E-state index in [-0.39, 0.29) is 0 Å². The van der Waals surface area contributed by atoms with Crippen LogP contribution in [0, 0.1) is 0 Å². The van der Waals surface area contributed by atoms with E-state index >= 15 is 0 Å². The van der Waals surface area contributed by atoms with Crippen LogP contribution in [0.3, 0.4) is 0 Å². The SMILES string of the molecule is C=C(C)S/C(=C\C)c1cccnc1. The van der Waals surface area contributed by atoms with Gasteiger partial charge in [-0.15, -0.1) is 0 Å². The molecule has 0 aliphatic rings. The van der Waals surface area contributed by atoms with Crippen LogP contribution in [0.2, 0.25) is 0 Å². The largest absolute Gasteiger partial charge is 0.264 e. The normalized spacial score (nSPS) is 11.4. The Balaban J connectivity index is 2.86. The molecule has 0 aliphatic heterocycles. The summed E-state index contributed by atoms with van der Waals surface area (Å²) in [6.45, 7) is 7.90. The van der Waals surface area contributed by atoms with E-state index in [0.29, 0.717) is 0 Å². The van der Waals surface area contributed by atoms with Crippen molar-refractivity contribution in [2.24, 2.45) is 0 Å².